The molecule has 1 aromatic heterocycles. The van der Waals surface area contributed by atoms with Crippen molar-refractivity contribution in [1.29, 1.82) is 0 Å². The van der Waals surface area contributed by atoms with Crippen LogP contribution in [0.15, 0.2) is 30.6 Å². The molecule has 0 saturated carbocycles. The lowest BCUT2D eigenvalue weighted by Gasteiger charge is -2.39. The molecule has 2 saturated heterocycles. The van der Waals surface area contributed by atoms with Crippen LogP contribution in [0, 0.1) is 0 Å². The van der Waals surface area contributed by atoms with Crippen LogP contribution in [0.1, 0.15) is 55.6 Å². The number of rotatable bonds is 3. The summed E-state index contributed by atoms with van der Waals surface area (Å²) < 4.78 is 7.25. The second kappa shape index (κ2) is 7.96. The van der Waals surface area contributed by atoms with E-state index in [9.17, 15) is 19.2 Å². The fourth-order valence-electron chi connectivity index (χ4n) is 4.54. The summed E-state index contributed by atoms with van der Waals surface area (Å²) in [5, 5.41) is 6.79. The highest BCUT2D eigenvalue weighted by Crippen LogP contribution is 2.32. The third-order valence-corrected chi connectivity index (χ3v) is 6.35. The van der Waals surface area contributed by atoms with Crippen LogP contribution in [-0.4, -0.2) is 68.1 Å². The lowest BCUT2D eigenvalue weighted by atomic mass is 10.0. The Morgan fingerprint density at radius 2 is 1.91 bits per heavy atom. The maximum atomic E-state index is 12.9. The van der Waals surface area contributed by atoms with Gasteiger partial charge in [0.2, 0.25) is 11.8 Å². The van der Waals surface area contributed by atoms with Crippen LogP contribution in [0.4, 0.5) is 4.79 Å². The lowest BCUT2D eigenvalue weighted by Crippen LogP contribution is -2.52. The number of imide groups is 1. The molecular formula is C24H27N5O5. The van der Waals surface area contributed by atoms with E-state index in [2.05, 4.69) is 10.4 Å². The zero-order chi connectivity index (χ0) is 24.2. The van der Waals surface area contributed by atoms with E-state index in [1.54, 1.807) is 22.1 Å². The average Bonchev–Trinajstić information content (AvgIpc) is 3.31. The van der Waals surface area contributed by atoms with Gasteiger partial charge in [-0.05, 0) is 50.5 Å². The van der Waals surface area contributed by atoms with Gasteiger partial charge in [-0.2, -0.15) is 5.10 Å². The van der Waals surface area contributed by atoms with Crippen molar-refractivity contribution in [2.75, 3.05) is 13.1 Å². The van der Waals surface area contributed by atoms with E-state index in [0.717, 1.165) is 16.7 Å². The fourth-order valence-corrected chi connectivity index (χ4v) is 4.54. The summed E-state index contributed by atoms with van der Waals surface area (Å²) in [5.74, 6) is -0.909. The van der Waals surface area contributed by atoms with E-state index in [0.29, 0.717) is 31.6 Å². The van der Waals surface area contributed by atoms with Gasteiger partial charge >= 0.3 is 6.09 Å². The molecule has 4 amide bonds. The Morgan fingerprint density at radius 3 is 2.62 bits per heavy atom. The zero-order valence-corrected chi connectivity index (χ0v) is 19.4. The molecule has 178 valence electrons. The Balaban J connectivity index is 1.26. The third-order valence-electron chi connectivity index (χ3n) is 6.35. The smallest absolute Gasteiger partial charge is 0.410 e. The van der Waals surface area contributed by atoms with Gasteiger partial charge in [-0.1, -0.05) is 6.07 Å². The molecule has 0 spiro atoms. The van der Waals surface area contributed by atoms with Crippen LogP contribution in [0.3, 0.4) is 0 Å². The van der Waals surface area contributed by atoms with Gasteiger partial charge in [0.25, 0.3) is 5.91 Å². The number of likely N-dealkylation sites (tertiary alicyclic amines) is 1. The Bertz CT molecular complexity index is 1190. The quantitative estimate of drug-likeness (QED) is 0.695. The number of nitrogens with zero attached hydrogens (tertiary/aromatic N) is 4. The first kappa shape index (κ1) is 22.1. The van der Waals surface area contributed by atoms with Crippen molar-refractivity contribution < 1.29 is 23.9 Å². The standard InChI is InChI=1S/C24H27N5O5/c1-24(2,3)34-23(33)27-12-17(13-27)29-11-16(9-25-29)14-4-5-18-15(8-14)10-28(22(18)32)19-6-7-20(30)26-21(19)31/h4-5,8-9,11,17,19H,6-7,10,12-13H2,1-3H3,(H,26,30,31). The molecule has 10 nitrogen and oxygen atoms in total. The average molecular weight is 466 g/mol. The van der Waals surface area contributed by atoms with Gasteiger partial charge in [-0.15, -0.1) is 0 Å². The van der Waals surface area contributed by atoms with Crippen molar-refractivity contribution in [3.63, 3.8) is 0 Å². The molecule has 0 bridgehead atoms. The highest BCUT2D eigenvalue weighted by molar-refractivity contribution is 6.05. The number of carbonyl (C=O) groups excluding carboxylic acids is 4. The van der Waals surface area contributed by atoms with Crippen molar-refractivity contribution in [3.8, 4) is 11.1 Å². The minimum absolute atomic E-state index is 0.0836. The molecule has 1 aromatic carbocycles. The molecule has 1 N–H and O–H groups in total. The molecule has 10 heteroatoms. The van der Waals surface area contributed by atoms with Gasteiger partial charge in [-0.3, -0.25) is 24.4 Å². The summed E-state index contributed by atoms with van der Waals surface area (Å²) in [6.07, 6.45) is 3.96. The Morgan fingerprint density at radius 1 is 1.15 bits per heavy atom. The minimum Gasteiger partial charge on any atom is -0.444 e. The van der Waals surface area contributed by atoms with Crippen molar-refractivity contribution in [1.82, 2.24) is 24.9 Å². The lowest BCUT2D eigenvalue weighted by molar-refractivity contribution is -0.136. The zero-order valence-electron chi connectivity index (χ0n) is 19.4. The maximum Gasteiger partial charge on any atom is 0.410 e. The summed E-state index contributed by atoms with van der Waals surface area (Å²) in [6.45, 7) is 6.93. The summed E-state index contributed by atoms with van der Waals surface area (Å²) >= 11 is 0. The van der Waals surface area contributed by atoms with Crippen LogP contribution in [0.2, 0.25) is 0 Å². The van der Waals surface area contributed by atoms with Crippen LogP contribution in [0.25, 0.3) is 11.1 Å². The molecule has 0 aliphatic carbocycles. The van der Waals surface area contributed by atoms with Crippen molar-refractivity contribution >= 4 is 23.8 Å². The van der Waals surface area contributed by atoms with E-state index >= 15 is 0 Å². The predicted molar refractivity (Wildman–Crippen MR) is 121 cm³/mol. The SMILES string of the molecule is CC(C)(C)OC(=O)N1CC(n2cc(-c3ccc4c(c3)CN(C3CCC(=O)NC3=O)C4=O)cn2)C1. The second-order valence-corrected chi connectivity index (χ2v) is 10.0. The second-order valence-electron chi connectivity index (χ2n) is 10.0. The molecule has 1 unspecified atom stereocenters. The number of hydrogen-bond donors (Lipinski definition) is 1. The summed E-state index contributed by atoms with van der Waals surface area (Å²) in [6, 6.07) is 5.06. The van der Waals surface area contributed by atoms with E-state index in [4.69, 9.17) is 4.74 Å². The molecule has 3 aliphatic heterocycles. The number of amides is 4. The van der Waals surface area contributed by atoms with Gasteiger partial charge in [0.1, 0.15) is 11.6 Å². The van der Waals surface area contributed by atoms with E-state index in [1.165, 1.54) is 0 Å². The van der Waals surface area contributed by atoms with E-state index in [-0.39, 0.29) is 30.4 Å². The first-order valence-electron chi connectivity index (χ1n) is 11.4. The van der Waals surface area contributed by atoms with Gasteiger partial charge < -0.3 is 14.5 Å². The Kier molecular flexibility index (Phi) is 5.18. The van der Waals surface area contributed by atoms with Gasteiger partial charge in [0.05, 0.1) is 12.2 Å². The number of carbonyl (C=O) groups is 4. The van der Waals surface area contributed by atoms with Crippen molar-refractivity contribution in [3.05, 3.63) is 41.7 Å². The maximum absolute atomic E-state index is 12.9. The van der Waals surface area contributed by atoms with Gasteiger partial charge in [0.15, 0.2) is 0 Å². The fraction of sp³-hybridized carbons (Fsp3) is 0.458. The van der Waals surface area contributed by atoms with Crippen LogP contribution in [0.5, 0.6) is 0 Å². The summed E-state index contributed by atoms with van der Waals surface area (Å²) in [7, 11) is 0. The van der Waals surface area contributed by atoms with Crippen LogP contribution >= 0.6 is 0 Å². The Labute approximate surface area is 196 Å². The number of piperidine rings is 1. The topological polar surface area (TPSA) is 114 Å². The van der Waals surface area contributed by atoms with Gasteiger partial charge in [0, 0.05) is 43.4 Å². The normalized spacial score (nSPS) is 20.8. The number of aromatic nitrogens is 2. The first-order valence-corrected chi connectivity index (χ1v) is 11.4. The molecule has 3 aliphatic rings. The van der Waals surface area contributed by atoms with E-state index in [1.807, 2.05) is 43.8 Å². The monoisotopic (exact) mass is 465 g/mol. The third kappa shape index (κ3) is 4.04. The molecule has 5 rings (SSSR count). The largest absolute Gasteiger partial charge is 0.444 e. The van der Waals surface area contributed by atoms with Crippen LogP contribution < -0.4 is 5.32 Å². The van der Waals surface area contributed by atoms with Crippen molar-refractivity contribution in [2.24, 2.45) is 0 Å². The van der Waals surface area contributed by atoms with Crippen LogP contribution in [-0.2, 0) is 20.9 Å². The van der Waals surface area contributed by atoms with Gasteiger partial charge in [-0.25, -0.2) is 4.79 Å². The minimum atomic E-state index is -0.629. The highest BCUT2D eigenvalue weighted by atomic mass is 16.6. The number of benzene rings is 1. The first-order chi connectivity index (χ1) is 16.1. The summed E-state index contributed by atoms with van der Waals surface area (Å²) in [5.41, 5.74) is 2.73. The van der Waals surface area contributed by atoms with E-state index < -0.39 is 17.6 Å². The summed E-state index contributed by atoms with van der Waals surface area (Å²) in [4.78, 5) is 51.9. The molecule has 1 atom stereocenters. The molecule has 0 radical (unpaired) electrons. The molecule has 2 fully saturated rings. The van der Waals surface area contributed by atoms with Crippen molar-refractivity contribution in [2.45, 2.75) is 57.8 Å². The molecule has 2 aromatic rings. The number of ether oxygens (including phenoxy) is 1. The molecular weight excluding hydrogens is 438 g/mol. The highest BCUT2D eigenvalue weighted by Gasteiger charge is 2.39. The predicted octanol–water partition coefficient (Wildman–Crippen LogP) is 2.10. The number of hydrogen-bond acceptors (Lipinski definition) is 6. The Hall–Kier alpha value is -3.69. The molecule has 4 heterocycles. The molecule has 34 heavy (non-hydrogen) atoms. The number of fused-ring (bicyclic) bond motifs is 1. The number of nitrogens with one attached hydrogen (secondary N) is 1.